The zero-order valence-electron chi connectivity index (χ0n) is 19.5. The highest BCUT2D eigenvalue weighted by Crippen LogP contribution is 2.27. The molecule has 0 fully saturated rings. The lowest BCUT2D eigenvalue weighted by Crippen LogP contribution is -2.20. The van der Waals surface area contributed by atoms with Gasteiger partial charge in [0.25, 0.3) is 0 Å². The van der Waals surface area contributed by atoms with E-state index in [0.29, 0.717) is 51.5 Å². The molecule has 8 nitrogen and oxygen atoms in total. The van der Waals surface area contributed by atoms with E-state index < -0.39 is 6.03 Å². The van der Waals surface area contributed by atoms with Crippen LogP contribution in [0.5, 0.6) is 5.75 Å². The maximum atomic E-state index is 12.5. The van der Waals surface area contributed by atoms with Crippen LogP contribution >= 0.6 is 23.2 Å². The first-order valence-corrected chi connectivity index (χ1v) is 11.6. The molecular formula is C25H24Cl2N6O2. The molecule has 0 saturated heterocycles. The topological polar surface area (TPSA) is 94.0 Å². The first-order valence-electron chi connectivity index (χ1n) is 10.9. The zero-order chi connectivity index (χ0) is 24.9. The van der Waals surface area contributed by atoms with Crippen molar-refractivity contribution < 1.29 is 9.53 Å². The summed E-state index contributed by atoms with van der Waals surface area (Å²) >= 11 is 12.6. The van der Waals surface area contributed by atoms with Gasteiger partial charge in [-0.05, 0) is 60.9 Å². The number of carbonyl (C=O) groups excluding carboxylic acids is 1. The average molecular weight is 511 g/mol. The molecule has 0 radical (unpaired) electrons. The number of aromatic nitrogens is 4. The molecule has 0 aliphatic heterocycles. The fraction of sp³-hybridized carbons (Fsp3) is 0.200. The van der Waals surface area contributed by atoms with Crippen LogP contribution in [-0.2, 0) is 19.9 Å². The molecule has 0 saturated carbocycles. The molecule has 2 heterocycles. The van der Waals surface area contributed by atoms with E-state index in [-0.39, 0.29) is 0 Å². The average Bonchev–Trinajstić information content (AvgIpc) is 3.19. The molecule has 0 atom stereocenters. The molecule has 2 aromatic heterocycles. The Hall–Kier alpha value is -3.62. The van der Waals surface area contributed by atoms with Gasteiger partial charge >= 0.3 is 6.03 Å². The number of aryl methyl sites for hydroxylation is 2. The van der Waals surface area contributed by atoms with Crippen molar-refractivity contribution in [3.8, 4) is 17.3 Å². The van der Waals surface area contributed by atoms with Gasteiger partial charge in [-0.3, -0.25) is 4.98 Å². The lowest BCUT2D eigenvalue weighted by molar-refractivity contribution is 0.262. The van der Waals surface area contributed by atoms with Crippen molar-refractivity contribution in [1.82, 2.24) is 19.7 Å². The number of rotatable bonds is 7. The molecule has 0 bridgehead atoms. The van der Waals surface area contributed by atoms with Gasteiger partial charge in [0.1, 0.15) is 17.3 Å². The number of pyridine rings is 1. The summed E-state index contributed by atoms with van der Waals surface area (Å²) in [5.74, 6) is 1.98. The predicted molar refractivity (Wildman–Crippen MR) is 138 cm³/mol. The van der Waals surface area contributed by atoms with Gasteiger partial charge in [-0.2, -0.15) is 0 Å². The van der Waals surface area contributed by atoms with Crippen molar-refractivity contribution in [3.05, 3.63) is 81.7 Å². The van der Waals surface area contributed by atoms with Crippen molar-refractivity contribution in [2.45, 2.75) is 19.8 Å². The number of halogens is 2. The minimum atomic E-state index is -0.400. The van der Waals surface area contributed by atoms with Crippen LogP contribution in [0, 0.1) is 6.92 Å². The zero-order valence-corrected chi connectivity index (χ0v) is 21.0. The lowest BCUT2D eigenvalue weighted by atomic mass is 10.1. The summed E-state index contributed by atoms with van der Waals surface area (Å²) in [5.41, 5.74) is 3.64. The molecule has 2 aromatic carbocycles. The molecule has 10 heteroatoms. The van der Waals surface area contributed by atoms with Gasteiger partial charge in [0.15, 0.2) is 5.82 Å². The Morgan fingerprint density at radius 2 is 1.80 bits per heavy atom. The number of amides is 2. The fourth-order valence-corrected chi connectivity index (χ4v) is 4.20. The van der Waals surface area contributed by atoms with Crippen LogP contribution in [0.3, 0.4) is 0 Å². The number of carbonyl (C=O) groups is 1. The highest BCUT2D eigenvalue weighted by Gasteiger charge is 2.14. The van der Waals surface area contributed by atoms with E-state index in [2.05, 4.69) is 25.8 Å². The van der Waals surface area contributed by atoms with Gasteiger partial charge in [0.2, 0.25) is 0 Å². The fourth-order valence-electron chi connectivity index (χ4n) is 3.61. The Labute approximate surface area is 213 Å². The summed E-state index contributed by atoms with van der Waals surface area (Å²) in [4.78, 5) is 16.9. The van der Waals surface area contributed by atoms with E-state index in [4.69, 9.17) is 27.9 Å². The standard InChI is InChI=1S/C25H24Cl2N6O2/c1-15-7-11-22(35-3)21(13-15)30-25(34)29-16-8-10-20(28-14-16)24-32-31-23(33(24)2)12-9-17-18(26)5-4-6-19(17)27/h4-8,10-11,13-14H,9,12H2,1-3H3,(H2,29,30,34). The van der Waals surface area contributed by atoms with Crippen LogP contribution in [0.2, 0.25) is 10.0 Å². The summed E-state index contributed by atoms with van der Waals surface area (Å²) in [7, 11) is 3.44. The summed E-state index contributed by atoms with van der Waals surface area (Å²) in [6, 6.07) is 14.2. The van der Waals surface area contributed by atoms with Gasteiger partial charge in [-0.15, -0.1) is 10.2 Å². The van der Waals surface area contributed by atoms with Crippen molar-refractivity contribution >= 4 is 40.6 Å². The first-order chi connectivity index (χ1) is 16.9. The summed E-state index contributed by atoms with van der Waals surface area (Å²) in [5, 5.41) is 15.4. The number of hydrogen-bond acceptors (Lipinski definition) is 5. The summed E-state index contributed by atoms with van der Waals surface area (Å²) in [6.45, 7) is 1.94. The first kappa shape index (κ1) is 24.5. The third-order valence-electron chi connectivity index (χ3n) is 5.48. The van der Waals surface area contributed by atoms with Crippen LogP contribution in [0.25, 0.3) is 11.5 Å². The number of anilines is 2. The molecule has 2 N–H and O–H groups in total. The van der Waals surface area contributed by atoms with Gasteiger partial charge in [-0.1, -0.05) is 35.3 Å². The Bertz CT molecular complexity index is 1330. The maximum Gasteiger partial charge on any atom is 0.323 e. The SMILES string of the molecule is COc1ccc(C)cc1NC(=O)Nc1ccc(-c2nnc(CCc3c(Cl)cccc3Cl)n2C)nc1. The van der Waals surface area contributed by atoms with E-state index in [1.807, 2.05) is 48.9 Å². The predicted octanol–water partition coefficient (Wildman–Crippen LogP) is 5.93. The second-order valence-electron chi connectivity index (χ2n) is 7.91. The Morgan fingerprint density at radius 1 is 1.03 bits per heavy atom. The van der Waals surface area contributed by atoms with E-state index >= 15 is 0 Å². The van der Waals surface area contributed by atoms with Crippen LogP contribution in [0.15, 0.2) is 54.7 Å². The highest BCUT2D eigenvalue weighted by atomic mass is 35.5. The van der Waals surface area contributed by atoms with E-state index in [1.54, 1.807) is 31.5 Å². The van der Waals surface area contributed by atoms with Gasteiger partial charge in [0.05, 0.1) is 24.7 Å². The van der Waals surface area contributed by atoms with E-state index in [9.17, 15) is 4.79 Å². The number of benzene rings is 2. The van der Waals surface area contributed by atoms with Gasteiger partial charge in [0, 0.05) is 23.5 Å². The molecule has 35 heavy (non-hydrogen) atoms. The van der Waals surface area contributed by atoms with Crippen LogP contribution in [-0.4, -0.2) is 32.9 Å². The van der Waals surface area contributed by atoms with Crippen molar-refractivity contribution in [3.63, 3.8) is 0 Å². The number of nitrogens with zero attached hydrogens (tertiary/aromatic N) is 4. The Balaban J connectivity index is 1.41. The molecule has 4 rings (SSSR count). The number of nitrogens with one attached hydrogen (secondary N) is 2. The molecule has 2 amide bonds. The second kappa shape index (κ2) is 10.8. The maximum absolute atomic E-state index is 12.5. The second-order valence-corrected chi connectivity index (χ2v) is 8.73. The van der Waals surface area contributed by atoms with Gasteiger partial charge in [-0.25, -0.2) is 4.79 Å². The molecule has 0 unspecified atom stereocenters. The molecular weight excluding hydrogens is 487 g/mol. The molecule has 0 spiro atoms. The van der Waals surface area contributed by atoms with Crippen LogP contribution < -0.4 is 15.4 Å². The number of ether oxygens (including phenoxy) is 1. The third-order valence-corrected chi connectivity index (χ3v) is 6.19. The Morgan fingerprint density at radius 3 is 2.49 bits per heavy atom. The summed E-state index contributed by atoms with van der Waals surface area (Å²) < 4.78 is 7.19. The highest BCUT2D eigenvalue weighted by molar-refractivity contribution is 6.36. The normalized spacial score (nSPS) is 10.8. The monoisotopic (exact) mass is 510 g/mol. The van der Waals surface area contributed by atoms with Crippen molar-refractivity contribution in [2.24, 2.45) is 7.05 Å². The largest absolute Gasteiger partial charge is 0.495 e. The van der Waals surface area contributed by atoms with E-state index in [0.717, 1.165) is 17.0 Å². The van der Waals surface area contributed by atoms with Crippen molar-refractivity contribution in [1.29, 1.82) is 0 Å². The third kappa shape index (κ3) is 5.72. The number of hydrogen-bond donors (Lipinski definition) is 2. The summed E-state index contributed by atoms with van der Waals surface area (Å²) in [6.07, 6.45) is 2.83. The molecule has 0 aliphatic rings. The van der Waals surface area contributed by atoms with Crippen molar-refractivity contribution in [2.75, 3.05) is 17.7 Å². The lowest BCUT2D eigenvalue weighted by Gasteiger charge is -2.12. The minimum Gasteiger partial charge on any atom is -0.495 e. The number of urea groups is 1. The smallest absolute Gasteiger partial charge is 0.323 e. The number of methoxy groups -OCH3 is 1. The van der Waals surface area contributed by atoms with Crippen LogP contribution in [0.4, 0.5) is 16.2 Å². The van der Waals surface area contributed by atoms with Crippen LogP contribution in [0.1, 0.15) is 17.0 Å². The molecule has 0 aliphatic carbocycles. The molecule has 4 aromatic rings. The minimum absolute atomic E-state index is 0.400. The van der Waals surface area contributed by atoms with Gasteiger partial charge < -0.3 is 19.9 Å². The Kier molecular flexibility index (Phi) is 7.53. The quantitative estimate of drug-likeness (QED) is 0.321. The molecule has 180 valence electrons. The van der Waals surface area contributed by atoms with E-state index in [1.165, 1.54) is 0 Å².